The van der Waals surface area contributed by atoms with Crippen molar-refractivity contribution >= 4 is 10.2 Å². The Morgan fingerprint density at radius 3 is 2.70 bits per heavy atom. The maximum atomic E-state index is 12.5. The quantitative estimate of drug-likeness (QED) is 0.743. The van der Waals surface area contributed by atoms with E-state index in [1.807, 2.05) is 18.2 Å². The molecule has 0 radical (unpaired) electrons. The zero-order valence-electron chi connectivity index (χ0n) is 12.1. The highest BCUT2D eigenvalue weighted by atomic mass is 32.2. The number of fused-ring (bicyclic) bond motifs is 1. The third kappa shape index (κ3) is 3.38. The first-order valence-electron chi connectivity index (χ1n) is 6.83. The summed E-state index contributed by atoms with van der Waals surface area (Å²) in [6, 6.07) is 8.03. The van der Waals surface area contributed by atoms with E-state index < -0.39 is 10.2 Å². The summed E-state index contributed by atoms with van der Waals surface area (Å²) in [5.41, 5.74) is 2.36. The minimum Gasteiger partial charge on any atom is -0.385 e. The van der Waals surface area contributed by atoms with E-state index in [0.717, 1.165) is 12.0 Å². The van der Waals surface area contributed by atoms with E-state index in [9.17, 15) is 8.42 Å². The van der Waals surface area contributed by atoms with E-state index in [-0.39, 0.29) is 0 Å². The maximum absolute atomic E-state index is 12.5. The smallest absolute Gasteiger partial charge is 0.282 e. The average Bonchev–Trinajstić information content (AvgIpc) is 2.46. The minimum atomic E-state index is -3.37. The van der Waals surface area contributed by atoms with E-state index in [4.69, 9.17) is 4.74 Å². The van der Waals surface area contributed by atoms with Gasteiger partial charge in [-0.1, -0.05) is 24.3 Å². The normalized spacial score (nSPS) is 16.4. The van der Waals surface area contributed by atoms with Gasteiger partial charge in [0.05, 0.1) is 0 Å². The Hall–Kier alpha value is -0.950. The van der Waals surface area contributed by atoms with Crippen molar-refractivity contribution in [2.45, 2.75) is 19.4 Å². The van der Waals surface area contributed by atoms with Crippen LogP contribution >= 0.6 is 0 Å². The largest absolute Gasteiger partial charge is 0.385 e. The van der Waals surface area contributed by atoms with E-state index in [1.54, 1.807) is 18.5 Å². The topological polar surface area (TPSA) is 49.9 Å². The summed E-state index contributed by atoms with van der Waals surface area (Å²) in [5.74, 6) is 0. The first-order chi connectivity index (χ1) is 9.55. The van der Waals surface area contributed by atoms with Crippen LogP contribution in [-0.4, -0.2) is 50.9 Å². The summed E-state index contributed by atoms with van der Waals surface area (Å²) < 4.78 is 32.9. The SMILES string of the molecule is COCCCN(C)S(=O)(=O)N1CCc2ccccc2C1. The Morgan fingerprint density at radius 2 is 2.00 bits per heavy atom. The molecule has 0 saturated heterocycles. The van der Waals surface area contributed by atoms with Crippen LogP contribution in [0.25, 0.3) is 0 Å². The van der Waals surface area contributed by atoms with Crippen LogP contribution < -0.4 is 0 Å². The van der Waals surface area contributed by atoms with Gasteiger partial charge in [-0.15, -0.1) is 0 Å². The van der Waals surface area contributed by atoms with E-state index in [0.29, 0.717) is 32.7 Å². The average molecular weight is 298 g/mol. The molecule has 1 aromatic rings. The van der Waals surface area contributed by atoms with Gasteiger partial charge in [0, 0.05) is 40.4 Å². The molecule has 0 saturated carbocycles. The molecule has 0 aliphatic carbocycles. The van der Waals surface area contributed by atoms with Gasteiger partial charge in [-0.3, -0.25) is 0 Å². The van der Waals surface area contributed by atoms with Crippen LogP contribution in [0.2, 0.25) is 0 Å². The lowest BCUT2D eigenvalue weighted by Crippen LogP contribution is -2.44. The number of nitrogens with zero attached hydrogens (tertiary/aromatic N) is 2. The van der Waals surface area contributed by atoms with Crippen molar-refractivity contribution in [3.63, 3.8) is 0 Å². The van der Waals surface area contributed by atoms with Crippen LogP contribution in [0.1, 0.15) is 17.5 Å². The summed E-state index contributed by atoms with van der Waals surface area (Å²) >= 11 is 0. The molecule has 0 aromatic heterocycles. The first-order valence-corrected chi connectivity index (χ1v) is 8.22. The lowest BCUT2D eigenvalue weighted by molar-refractivity contribution is 0.188. The monoisotopic (exact) mass is 298 g/mol. The zero-order chi connectivity index (χ0) is 14.6. The maximum Gasteiger partial charge on any atom is 0.282 e. The van der Waals surface area contributed by atoms with Crippen LogP contribution in [0.3, 0.4) is 0 Å². The molecule has 1 aromatic carbocycles. The van der Waals surface area contributed by atoms with Gasteiger partial charge in [0.1, 0.15) is 0 Å². The predicted molar refractivity (Wildman–Crippen MR) is 78.6 cm³/mol. The highest BCUT2D eigenvalue weighted by Crippen LogP contribution is 2.22. The molecule has 20 heavy (non-hydrogen) atoms. The molecule has 5 nitrogen and oxygen atoms in total. The Morgan fingerprint density at radius 1 is 1.30 bits per heavy atom. The number of hydrogen-bond donors (Lipinski definition) is 0. The number of benzene rings is 1. The van der Waals surface area contributed by atoms with Crippen LogP contribution in [0.5, 0.6) is 0 Å². The summed E-state index contributed by atoms with van der Waals surface area (Å²) in [4.78, 5) is 0. The second-order valence-corrected chi connectivity index (χ2v) is 7.06. The Balaban J connectivity index is 2.04. The Kier molecular flexibility index (Phi) is 5.15. The van der Waals surface area contributed by atoms with Crippen molar-refractivity contribution in [1.29, 1.82) is 0 Å². The summed E-state index contributed by atoms with van der Waals surface area (Å²) in [6.45, 7) is 2.07. The number of rotatable bonds is 6. The van der Waals surface area contributed by atoms with E-state index in [1.165, 1.54) is 9.87 Å². The van der Waals surface area contributed by atoms with Crippen molar-refractivity contribution in [3.05, 3.63) is 35.4 Å². The molecule has 0 fully saturated rings. The molecule has 112 valence electrons. The second-order valence-electron chi connectivity index (χ2n) is 5.03. The van der Waals surface area contributed by atoms with Crippen molar-refractivity contribution in [2.24, 2.45) is 0 Å². The summed E-state index contributed by atoms with van der Waals surface area (Å²) in [6.07, 6.45) is 1.48. The molecule has 1 aliphatic rings. The first kappa shape index (κ1) is 15.4. The molecule has 0 unspecified atom stereocenters. The molecule has 0 spiro atoms. The third-order valence-electron chi connectivity index (χ3n) is 3.64. The van der Waals surface area contributed by atoms with Gasteiger partial charge >= 0.3 is 0 Å². The Labute approximate surface area is 121 Å². The van der Waals surface area contributed by atoms with Crippen molar-refractivity contribution in [1.82, 2.24) is 8.61 Å². The van der Waals surface area contributed by atoms with Crippen molar-refractivity contribution in [2.75, 3.05) is 33.9 Å². The molecule has 0 bridgehead atoms. The second kappa shape index (κ2) is 6.67. The van der Waals surface area contributed by atoms with Gasteiger partial charge in [-0.2, -0.15) is 17.0 Å². The molecule has 2 rings (SSSR count). The fourth-order valence-electron chi connectivity index (χ4n) is 2.41. The highest BCUT2D eigenvalue weighted by Gasteiger charge is 2.29. The van der Waals surface area contributed by atoms with Crippen LogP contribution in [0.4, 0.5) is 0 Å². The van der Waals surface area contributed by atoms with Crippen LogP contribution in [-0.2, 0) is 27.9 Å². The van der Waals surface area contributed by atoms with E-state index >= 15 is 0 Å². The van der Waals surface area contributed by atoms with Gasteiger partial charge in [-0.25, -0.2) is 0 Å². The third-order valence-corrected chi connectivity index (χ3v) is 5.57. The molecule has 0 N–H and O–H groups in total. The lowest BCUT2D eigenvalue weighted by Gasteiger charge is -2.31. The molecular weight excluding hydrogens is 276 g/mol. The predicted octanol–water partition coefficient (Wildman–Crippen LogP) is 1.26. The zero-order valence-corrected chi connectivity index (χ0v) is 12.9. The van der Waals surface area contributed by atoms with Gasteiger partial charge < -0.3 is 4.74 Å². The fourth-order valence-corrected chi connectivity index (χ4v) is 3.79. The van der Waals surface area contributed by atoms with Gasteiger partial charge in [-0.05, 0) is 24.0 Å². The molecule has 0 amide bonds. The number of ether oxygens (including phenoxy) is 1. The minimum absolute atomic E-state index is 0.465. The van der Waals surface area contributed by atoms with Gasteiger partial charge in [0.25, 0.3) is 10.2 Å². The van der Waals surface area contributed by atoms with Gasteiger partial charge in [0.15, 0.2) is 0 Å². The molecule has 6 heteroatoms. The fraction of sp³-hybridized carbons (Fsp3) is 0.571. The number of hydrogen-bond acceptors (Lipinski definition) is 3. The van der Waals surface area contributed by atoms with Crippen molar-refractivity contribution in [3.8, 4) is 0 Å². The highest BCUT2D eigenvalue weighted by molar-refractivity contribution is 7.86. The molecule has 1 heterocycles. The molecule has 0 atom stereocenters. The molecular formula is C14H22N2O3S. The van der Waals surface area contributed by atoms with Crippen LogP contribution in [0, 0.1) is 0 Å². The van der Waals surface area contributed by atoms with Crippen LogP contribution in [0.15, 0.2) is 24.3 Å². The molecule has 1 aliphatic heterocycles. The number of methoxy groups -OCH3 is 1. The standard InChI is InChI=1S/C14H22N2O3S/c1-15(9-5-11-19-2)20(17,18)16-10-8-13-6-3-4-7-14(13)12-16/h3-4,6-7H,5,8-12H2,1-2H3. The summed E-state index contributed by atoms with van der Waals surface area (Å²) in [5, 5.41) is 0. The van der Waals surface area contributed by atoms with Crippen molar-refractivity contribution < 1.29 is 13.2 Å². The van der Waals surface area contributed by atoms with Gasteiger partial charge in [0.2, 0.25) is 0 Å². The Bertz CT molecular complexity index is 545. The van der Waals surface area contributed by atoms with E-state index in [2.05, 4.69) is 6.07 Å². The lowest BCUT2D eigenvalue weighted by atomic mass is 10.0. The summed E-state index contributed by atoms with van der Waals surface area (Å²) in [7, 11) is -0.123.